The molecular weight excluding hydrogens is 258 g/mol. The predicted molar refractivity (Wildman–Crippen MR) is 88.3 cm³/mol. The van der Waals surface area contributed by atoms with Crippen molar-refractivity contribution in [2.45, 2.75) is 38.8 Å². The Hall–Kier alpha value is -1.45. The maximum Gasteiger partial charge on any atom is 0.0746 e. The topological polar surface area (TPSA) is 28.2 Å². The van der Waals surface area contributed by atoms with Gasteiger partial charge in [-0.15, -0.1) is 0 Å². The molecule has 3 nitrogen and oxygen atoms in total. The van der Waals surface area contributed by atoms with Crippen LogP contribution in [0.15, 0.2) is 36.5 Å². The first kappa shape index (κ1) is 14.5. The van der Waals surface area contributed by atoms with Gasteiger partial charge >= 0.3 is 0 Å². The SMILES string of the molecule is CCCN1CCC(NCc2cccc3cccnc23)CC1. The second-order valence-corrected chi connectivity index (χ2v) is 5.99. The molecule has 0 atom stereocenters. The van der Waals surface area contributed by atoms with Gasteiger partial charge in [-0.25, -0.2) is 0 Å². The molecule has 0 saturated carbocycles. The molecule has 0 radical (unpaired) electrons. The van der Waals surface area contributed by atoms with E-state index in [1.54, 1.807) is 0 Å². The van der Waals surface area contributed by atoms with Crippen molar-refractivity contribution in [3.8, 4) is 0 Å². The molecule has 112 valence electrons. The molecule has 2 aromatic rings. The van der Waals surface area contributed by atoms with Crippen molar-refractivity contribution in [3.05, 3.63) is 42.1 Å². The van der Waals surface area contributed by atoms with Gasteiger partial charge in [-0.1, -0.05) is 31.2 Å². The highest BCUT2D eigenvalue weighted by Gasteiger charge is 2.18. The van der Waals surface area contributed by atoms with Crippen LogP contribution in [0.5, 0.6) is 0 Å². The van der Waals surface area contributed by atoms with E-state index >= 15 is 0 Å². The van der Waals surface area contributed by atoms with Crippen LogP contribution in [0.2, 0.25) is 0 Å². The number of piperidine rings is 1. The van der Waals surface area contributed by atoms with Crippen molar-refractivity contribution in [3.63, 3.8) is 0 Å². The van der Waals surface area contributed by atoms with Crippen molar-refractivity contribution in [2.24, 2.45) is 0 Å². The summed E-state index contributed by atoms with van der Waals surface area (Å²) in [4.78, 5) is 7.11. The zero-order chi connectivity index (χ0) is 14.5. The van der Waals surface area contributed by atoms with E-state index in [1.807, 2.05) is 12.3 Å². The molecule has 0 bridgehead atoms. The average Bonchev–Trinajstić information content (AvgIpc) is 2.54. The Balaban J connectivity index is 1.58. The van der Waals surface area contributed by atoms with Crippen molar-refractivity contribution < 1.29 is 0 Å². The number of hydrogen-bond donors (Lipinski definition) is 1. The molecule has 1 saturated heterocycles. The van der Waals surface area contributed by atoms with Crippen molar-refractivity contribution in [2.75, 3.05) is 19.6 Å². The molecule has 0 aliphatic carbocycles. The van der Waals surface area contributed by atoms with Crippen LogP contribution in [-0.2, 0) is 6.54 Å². The number of rotatable bonds is 5. The minimum absolute atomic E-state index is 0.650. The van der Waals surface area contributed by atoms with E-state index in [-0.39, 0.29) is 0 Å². The minimum Gasteiger partial charge on any atom is -0.310 e. The van der Waals surface area contributed by atoms with Gasteiger partial charge in [0.15, 0.2) is 0 Å². The van der Waals surface area contributed by atoms with Crippen LogP contribution in [0.25, 0.3) is 10.9 Å². The van der Waals surface area contributed by atoms with Crippen LogP contribution in [0.4, 0.5) is 0 Å². The van der Waals surface area contributed by atoms with Gasteiger partial charge in [0.25, 0.3) is 0 Å². The van der Waals surface area contributed by atoms with E-state index in [2.05, 4.69) is 46.4 Å². The Morgan fingerprint density at radius 2 is 2.00 bits per heavy atom. The van der Waals surface area contributed by atoms with Crippen LogP contribution < -0.4 is 5.32 Å². The largest absolute Gasteiger partial charge is 0.310 e. The van der Waals surface area contributed by atoms with Crippen LogP contribution in [0.1, 0.15) is 31.7 Å². The third kappa shape index (κ3) is 3.60. The lowest BCUT2D eigenvalue weighted by atomic mass is 10.0. The molecule has 1 aliphatic rings. The Morgan fingerprint density at radius 1 is 1.19 bits per heavy atom. The van der Waals surface area contributed by atoms with Gasteiger partial charge in [0.05, 0.1) is 5.52 Å². The van der Waals surface area contributed by atoms with Gasteiger partial charge < -0.3 is 10.2 Å². The lowest BCUT2D eigenvalue weighted by Gasteiger charge is -2.32. The fraction of sp³-hybridized carbons (Fsp3) is 0.500. The summed E-state index contributed by atoms with van der Waals surface area (Å²) in [5, 5.41) is 4.96. The lowest BCUT2D eigenvalue weighted by molar-refractivity contribution is 0.197. The first-order valence-electron chi connectivity index (χ1n) is 8.15. The number of hydrogen-bond acceptors (Lipinski definition) is 3. The van der Waals surface area contributed by atoms with Gasteiger partial charge in [-0.05, 0) is 50.5 Å². The summed E-state index contributed by atoms with van der Waals surface area (Å²) in [6, 6.07) is 11.2. The molecule has 0 spiro atoms. The molecular formula is C18H25N3. The molecule has 2 heterocycles. The van der Waals surface area contributed by atoms with Crippen molar-refractivity contribution >= 4 is 10.9 Å². The quantitative estimate of drug-likeness (QED) is 0.913. The zero-order valence-electron chi connectivity index (χ0n) is 12.9. The number of benzene rings is 1. The fourth-order valence-corrected chi connectivity index (χ4v) is 3.24. The molecule has 1 aliphatic heterocycles. The van der Waals surface area contributed by atoms with Gasteiger partial charge in [0.2, 0.25) is 0 Å². The minimum atomic E-state index is 0.650. The maximum absolute atomic E-state index is 4.53. The number of nitrogens with zero attached hydrogens (tertiary/aromatic N) is 2. The molecule has 3 rings (SSSR count). The smallest absolute Gasteiger partial charge is 0.0746 e. The monoisotopic (exact) mass is 283 g/mol. The number of likely N-dealkylation sites (tertiary alicyclic amines) is 1. The van der Waals surface area contributed by atoms with Gasteiger partial charge in [0.1, 0.15) is 0 Å². The molecule has 1 fully saturated rings. The van der Waals surface area contributed by atoms with Crippen LogP contribution in [-0.4, -0.2) is 35.6 Å². The zero-order valence-corrected chi connectivity index (χ0v) is 12.9. The number of fused-ring (bicyclic) bond motifs is 1. The molecule has 1 N–H and O–H groups in total. The van der Waals surface area contributed by atoms with E-state index in [9.17, 15) is 0 Å². The van der Waals surface area contributed by atoms with E-state index in [1.165, 1.54) is 49.8 Å². The maximum atomic E-state index is 4.53. The molecule has 0 unspecified atom stereocenters. The number of nitrogens with one attached hydrogen (secondary N) is 1. The first-order valence-corrected chi connectivity index (χ1v) is 8.15. The van der Waals surface area contributed by atoms with E-state index < -0.39 is 0 Å². The summed E-state index contributed by atoms with van der Waals surface area (Å²) in [6.07, 6.45) is 5.67. The summed E-state index contributed by atoms with van der Waals surface area (Å²) in [5.41, 5.74) is 2.44. The lowest BCUT2D eigenvalue weighted by Crippen LogP contribution is -2.42. The van der Waals surface area contributed by atoms with E-state index in [0.29, 0.717) is 6.04 Å². The summed E-state index contributed by atoms with van der Waals surface area (Å²) in [6.45, 7) is 6.91. The summed E-state index contributed by atoms with van der Waals surface area (Å²) >= 11 is 0. The first-order chi connectivity index (χ1) is 10.4. The second kappa shape index (κ2) is 7.01. The van der Waals surface area contributed by atoms with E-state index in [0.717, 1.165) is 12.1 Å². The van der Waals surface area contributed by atoms with Crippen molar-refractivity contribution in [1.29, 1.82) is 0 Å². The number of aromatic nitrogens is 1. The molecule has 1 aromatic heterocycles. The summed E-state index contributed by atoms with van der Waals surface area (Å²) < 4.78 is 0. The predicted octanol–water partition coefficient (Wildman–Crippen LogP) is 3.20. The standard InChI is InChI=1S/C18H25N3/c1-2-11-21-12-8-17(9-13-21)20-14-16-6-3-5-15-7-4-10-19-18(15)16/h3-7,10,17,20H,2,8-9,11-14H2,1H3. The Morgan fingerprint density at radius 3 is 2.81 bits per heavy atom. The second-order valence-electron chi connectivity index (χ2n) is 5.99. The average molecular weight is 283 g/mol. The molecule has 1 aromatic carbocycles. The van der Waals surface area contributed by atoms with Crippen LogP contribution >= 0.6 is 0 Å². The molecule has 3 heteroatoms. The Kier molecular flexibility index (Phi) is 4.84. The third-order valence-electron chi connectivity index (χ3n) is 4.42. The van der Waals surface area contributed by atoms with Crippen molar-refractivity contribution in [1.82, 2.24) is 15.2 Å². The van der Waals surface area contributed by atoms with Gasteiger partial charge in [-0.3, -0.25) is 4.98 Å². The number of para-hydroxylation sites is 1. The van der Waals surface area contributed by atoms with Gasteiger partial charge in [-0.2, -0.15) is 0 Å². The highest BCUT2D eigenvalue weighted by molar-refractivity contribution is 5.81. The molecule has 0 amide bonds. The van der Waals surface area contributed by atoms with Crippen LogP contribution in [0, 0.1) is 0 Å². The van der Waals surface area contributed by atoms with E-state index in [4.69, 9.17) is 0 Å². The number of pyridine rings is 1. The highest BCUT2D eigenvalue weighted by atomic mass is 15.1. The van der Waals surface area contributed by atoms with Crippen LogP contribution in [0.3, 0.4) is 0 Å². The summed E-state index contributed by atoms with van der Waals surface area (Å²) in [5.74, 6) is 0. The third-order valence-corrected chi connectivity index (χ3v) is 4.42. The normalized spacial score (nSPS) is 17.4. The van der Waals surface area contributed by atoms with Gasteiger partial charge in [0, 0.05) is 24.2 Å². The summed E-state index contributed by atoms with van der Waals surface area (Å²) in [7, 11) is 0. The Labute approximate surface area is 127 Å². The highest BCUT2D eigenvalue weighted by Crippen LogP contribution is 2.17. The fourth-order valence-electron chi connectivity index (χ4n) is 3.24. The molecule has 21 heavy (non-hydrogen) atoms. The Bertz CT molecular complexity index is 568.